The number of nitrogens with one attached hydrogen (secondary N) is 2. The lowest BCUT2D eigenvalue weighted by atomic mass is 9.67. The van der Waals surface area contributed by atoms with Gasteiger partial charge in [0.25, 0.3) is 0 Å². The van der Waals surface area contributed by atoms with Crippen LogP contribution in [0.3, 0.4) is 0 Å². The second-order valence-corrected chi connectivity index (χ2v) is 14.1. The van der Waals surface area contributed by atoms with E-state index in [-0.39, 0.29) is 71.9 Å². The summed E-state index contributed by atoms with van der Waals surface area (Å²) in [5.74, 6) is -0.137. The van der Waals surface area contributed by atoms with E-state index < -0.39 is 5.41 Å². The highest BCUT2D eigenvalue weighted by atomic mass is 32.2. The Bertz CT molecular complexity index is 1170. The first kappa shape index (κ1) is 32.7. The van der Waals surface area contributed by atoms with Crippen molar-refractivity contribution in [2.75, 3.05) is 38.0 Å². The summed E-state index contributed by atoms with van der Waals surface area (Å²) in [5.41, 5.74) is 0.825. The molecule has 2 saturated heterocycles. The number of Topliss-reactive ketones (excluding diaryl/α,β-unsaturated/α-hetero) is 1. The van der Waals surface area contributed by atoms with Crippen LogP contribution in [-0.4, -0.2) is 79.7 Å². The number of ether oxygens (including phenoxy) is 4. The number of ketones is 1. The van der Waals surface area contributed by atoms with E-state index in [1.54, 1.807) is 19.2 Å². The molecular weight excluding hydrogens is 556 g/mol. The lowest BCUT2D eigenvalue weighted by molar-refractivity contribution is -0.133. The van der Waals surface area contributed by atoms with E-state index in [0.717, 1.165) is 24.2 Å². The molecule has 6 atom stereocenters. The van der Waals surface area contributed by atoms with Crippen LogP contribution in [0.15, 0.2) is 40.8 Å². The van der Waals surface area contributed by atoms with E-state index >= 15 is 0 Å². The fourth-order valence-corrected chi connectivity index (χ4v) is 6.53. The maximum absolute atomic E-state index is 13.0. The Hall–Kier alpha value is -2.24. The predicted octanol–water partition coefficient (Wildman–Crippen LogP) is 4.54. The molecule has 9 nitrogen and oxygen atoms in total. The number of methoxy groups -OCH3 is 1. The molecule has 2 amide bonds. The van der Waals surface area contributed by atoms with Gasteiger partial charge in [-0.05, 0) is 64.3 Å². The van der Waals surface area contributed by atoms with Gasteiger partial charge in [0, 0.05) is 29.0 Å². The second-order valence-electron chi connectivity index (χ2n) is 13.1. The summed E-state index contributed by atoms with van der Waals surface area (Å²) in [5, 5.41) is 5.98. The highest BCUT2D eigenvalue weighted by molar-refractivity contribution is 8.00. The van der Waals surface area contributed by atoms with Gasteiger partial charge in [-0.25, -0.2) is 0 Å². The zero-order valence-electron chi connectivity index (χ0n) is 25.9. The first-order valence-electron chi connectivity index (χ1n) is 14.7. The Labute approximate surface area is 253 Å². The Kier molecular flexibility index (Phi) is 10.2. The number of rotatable bonds is 13. The van der Waals surface area contributed by atoms with Crippen molar-refractivity contribution >= 4 is 35.0 Å². The smallest absolute Gasteiger partial charge is 0.250 e. The Morgan fingerprint density at radius 1 is 1.12 bits per heavy atom. The summed E-state index contributed by atoms with van der Waals surface area (Å²) in [7, 11) is 1.71. The minimum absolute atomic E-state index is 0.0457. The standard InChI is InChI=1S/C32H46N2O7S/c1-20(2)8-13-25-31(6,41-25)29-28(38-7)23(14-15-32(29)19-40-32)34-27(37)18-42-22-11-9-21(10-12-22)33-26(36)17-39-16-24(35)30(3,4)5/h8-12,23,25,28-29H,13-19H2,1-7H3,(H,33,36)(H,34,37)/t23-,25-,28-,29-,31-,32+/m1/s1. The molecule has 0 radical (unpaired) electrons. The summed E-state index contributed by atoms with van der Waals surface area (Å²) in [6, 6.07) is 7.16. The second kappa shape index (κ2) is 13.2. The maximum Gasteiger partial charge on any atom is 0.250 e. The van der Waals surface area contributed by atoms with Gasteiger partial charge in [0.2, 0.25) is 11.8 Å². The van der Waals surface area contributed by atoms with Gasteiger partial charge in [-0.2, -0.15) is 0 Å². The van der Waals surface area contributed by atoms with E-state index in [4.69, 9.17) is 18.9 Å². The number of thioether (sulfide) groups is 1. The number of carbonyl (C=O) groups excluding carboxylic acids is 3. The third-order valence-electron chi connectivity index (χ3n) is 8.45. The van der Waals surface area contributed by atoms with Crippen molar-refractivity contribution in [3.05, 3.63) is 35.9 Å². The van der Waals surface area contributed by atoms with Crippen molar-refractivity contribution in [1.82, 2.24) is 5.32 Å². The van der Waals surface area contributed by atoms with Gasteiger partial charge in [0.05, 0.1) is 36.2 Å². The molecule has 4 rings (SSSR count). The molecule has 3 aliphatic rings. The van der Waals surface area contributed by atoms with Crippen LogP contribution in [0.4, 0.5) is 5.69 Å². The number of amides is 2. The fourth-order valence-electron chi connectivity index (χ4n) is 5.82. The molecule has 0 bridgehead atoms. The van der Waals surface area contributed by atoms with Gasteiger partial charge < -0.3 is 29.6 Å². The summed E-state index contributed by atoms with van der Waals surface area (Å²) in [6.07, 6.45) is 4.67. The zero-order valence-corrected chi connectivity index (χ0v) is 26.7. The van der Waals surface area contributed by atoms with Crippen molar-refractivity contribution in [2.45, 2.75) is 95.2 Å². The topological polar surface area (TPSA) is 119 Å². The normalized spacial score (nSPS) is 30.0. The highest BCUT2D eigenvalue weighted by Crippen LogP contribution is 2.59. The number of allylic oxidation sites excluding steroid dienone is 1. The van der Waals surface area contributed by atoms with Crippen LogP contribution in [0.1, 0.15) is 60.8 Å². The fraction of sp³-hybridized carbons (Fsp3) is 0.656. The minimum Gasteiger partial charge on any atom is -0.379 e. The van der Waals surface area contributed by atoms with Crippen molar-refractivity contribution in [3.8, 4) is 0 Å². The van der Waals surface area contributed by atoms with Gasteiger partial charge in [-0.15, -0.1) is 11.8 Å². The molecule has 3 fully saturated rings. The first-order valence-corrected chi connectivity index (χ1v) is 15.7. The van der Waals surface area contributed by atoms with E-state index in [0.29, 0.717) is 12.3 Å². The van der Waals surface area contributed by atoms with Crippen LogP contribution < -0.4 is 10.6 Å². The molecule has 1 aliphatic carbocycles. The van der Waals surface area contributed by atoms with Gasteiger partial charge >= 0.3 is 0 Å². The van der Waals surface area contributed by atoms with Crippen molar-refractivity contribution in [2.24, 2.45) is 11.3 Å². The summed E-state index contributed by atoms with van der Waals surface area (Å²) in [4.78, 5) is 38.0. The maximum atomic E-state index is 13.0. The van der Waals surface area contributed by atoms with Gasteiger partial charge in [0.15, 0.2) is 5.78 Å². The van der Waals surface area contributed by atoms with Crippen LogP contribution in [0.25, 0.3) is 0 Å². The molecular formula is C32H46N2O7S. The molecule has 1 saturated carbocycles. The zero-order chi connectivity index (χ0) is 30.7. The average molecular weight is 603 g/mol. The molecule has 0 unspecified atom stereocenters. The van der Waals surface area contributed by atoms with Crippen LogP contribution in [0, 0.1) is 11.3 Å². The van der Waals surface area contributed by atoms with Gasteiger partial charge in [0.1, 0.15) is 18.8 Å². The van der Waals surface area contributed by atoms with Crippen LogP contribution in [-0.2, 0) is 33.3 Å². The molecule has 1 aromatic rings. The van der Waals surface area contributed by atoms with E-state index in [9.17, 15) is 14.4 Å². The highest BCUT2D eigenvalue weighted by Gasteiger charge is 2.71. The number of carbonyl (C=O) groups is 3. The molecule has 2 heterocycles. The molecule has 1 aromatic carbocycles. The number of hydrogen-bond acceptors (Lipinski definition) is 8. The molecule has 42 heavy (non-hydrogen) atoms. The quantitative estimate of drug-likeness (QED) is 0.192. The van der Waals surface area contributed by atoms with E-state index in [1.165, 1.54) is 17.3 Å². The van der Waals surface area contributed by atoms with Gasteiger partial charge in [-0.3, -0.25) is 14.4 Å². The Balaban J connectivity index is 1.24. The molecule has 2 aliphatic heterocycles. The Morgan fingerprint density at radius 2 is 1.81 bits per heavy atom. The van der Waals surface area contributed by atoms with Crippen LogP contribution in [0.5, 0.6) is 0 Å². The molecule has 232 valence electrons. The first-order chi connectivity index (χ1) is 19.8. The minimum atomic E-state index is -0.502. The van der Waals surface area contributed by atoms with Crippen molar-refractivity contribution in [3.63, 3.8) is 0 Å². The van der Waals surface area contributed by atoms with Crippen molar-refractivity contribution < 1.29 is 33.3 Å². The monoisotopic (exact) mass is 602 g/mol. The largest absolute Gasteiger partial charge is 0.379 e. The lowest BCUT2D eigenvalue weighted by Crippen LogP contribution is -2.59. The van der Waals surface area contributed by atoms with E-state index in [2.05, 4.69) is 37.5 Å². The SMILES string of the molecule is CO[C@@H]1[C@H](NC(=O)CSc2ccc(NC(=O)COCC(=O)C(C)(C)C)cc2)CC[C@]2(CO2)[C@H]1[C@]1(C)O[C@@H]1CC=C(C)C. The van der Waals surface area contributed by atoms with Crippen LogP contribution in [0.2, 0.25) is 0 Å². The summed E-state index contributed by atoms with van der Waals surface area (Å²) in [6.45, 7) is 12.2. The third-order valence-corrected chi connectivity index (χ3v) is 9.46. The number of hydrogen-bond donors (Lipinski definition) is 2. The molecule has 1 spiro atoms. The van der Waals surface area contributed by atoms with Gasteiger partial charge in [-0.1, -0.05) is 32.4 Å². The summed E-state index contributed by atoms with van der Waals surface area (Å²) < 4.78 is 23.6. The number of anilines is 1. The number of benzene rings is 1. The van der Waals surface area contributed by atoms with Crippen molar-refractivity contribution in [1.29, 1.82) is 0 Å². The Morgan fingerprint density at radius 3 is 2.40 bits per heavy atom. The third kappa shape index (κ3) is 8.02. The van der Waals surface area contributed by atoms with E-state index in [1.807, 2.05) is 32.9 Å². The molecule has 2 N–H and O–H groups in total. The summed E-state index contributed by atoms with van der Waals surface area (Å²) >= 11 is 1.43. The van der Waals surface area contributed by atoms with Crippen LogP contribution >= 0.6 is 11.8 Å². The lowest BCUT2D eigenvalue weighted by Gasteiger charge is -2.43. The number of epoxide rings is 2. The average Bonchev–Trinajstić information content (AvgIpc) is 3.84. The molecule has 0 aromatic heterocycles. The predicted molar refractivity (Wildman–Crippen MR) is 163 cm³/mol. The molecule has 10 heteroatoms.